The Kier molecular flexibility index (Phi) is 2.41. The van der Waals surface area contributed by atoms with E-state index in [-0.39, 0.29) is 0 Å². The van der Waals surface area contributed by atoms with Gasteiger partial charge in [-0.25, -0.2) is 0 Å². The summed E-state index contributed by atoms with van der Waals surface area (Å²) in [5.41, 5.74) is 7.40. The van der Waals surface area contributed by atoms with Crippen LogP contribution in [0.25, 0.3) is 10.8 Å². The number of benzene rings is 1. The number of aromatic nitrogens is 1. The zero-order chi connectivity index (χ0) is 12.8. The third kappa shape index (κ3) is 1.78. The first-order valence-electron chi connectivity index (χ1n) is 6.16. The van der Waals surface area contributed by atoms with Crippen molar-refractivity contribution in [3.63, 3.8) is 0 Å². The number of hydrogen-bond acceptors (Lipinski definition) is 4. The van der Waals surface area contributed by atoms with Crippen molar-refractivity contribution in [2.24, 2.45) is 0 Å². The molecule has 0 bridgehead atoms. The molecule has 3 N–H and O–H groups in total. The van der Waals surface area contributed by atoms with E-state index in [9.17, 15) is 5.11 Å². The summed E-state index contributed by atoms with van der Waals surface area (Å²) in [7, 11) is 0. The maximum absolute atomic E-state index is 10.0. The predicted molar refractivity (Wildman–Crippen MR) is 73.6 cm³/mol. The van der Waals surface area contributed by atoms with Gasteiger partial charge in [-0.1, -0.05) is 6.07 Å². The lowest BCUT2D eigenvalue weighted by Crippen LogP contribution is -2.29. The van der Waals surface area contributed by atoms with Crippen LogP contribution >= 0.6 is 0 Å². The Morgan fingerprint density at radius 3 is 2.94 bits per heavy atom. The fraction of sp³-hybridized carbons (Fsp3) is 0.357. The fourth-order valence-electron chi connectivity index (χ4n) is 2.61. The van der Waals surface area contributed by atoms with Gasteiger partial charge in [-0.3, -0.25) is 4.98 Å². The lowest BCUT2D eigenvalue weighted by Gasteiger charge is -2.23. The minimum atomic E-state index is -0.611. The first kappa shape index (κ1) is 11.3. The quantitative estimate of drug-likeness (QED) is 0.749. The second-order valence-electron chi connectivity index (χ2n) is 5.26. The van der Waals surface area contributed by atoms with Crippen molar-refractivity contribution in [1.82, 2.24) is 4.98 Å². The van der Waals surface area contributed by atoms with Crippen molar-refractivity contribution in [2.75, 3.05) is 23.7 Å². The number of aliphatic hydroxyl groups is 1. The molecule has 1 aromatic carbocycles. The summed E-state index contributed by atoms with van der Waals surface area (Å²) in [5, 5.41) is 12.1. The largest absolute Gasteiger partial charge is 0.397 e. The molecular weight excluding hydrogens is 226 g/mol. The number of anilines is 2. The molecule has 3 rings (SSSR count). The van der Waals surface area contributed by atoms with E-state index in [0.717, 1.165) is 35.1 Å². The molecule has 2 heterocycles. The standard InChI is InChI=1S/C14H17N3O/c1-14(18)5-7-17(9-14)12-3-2-10-8-16-6-4-11(10)13(12)15/h2-4,6,8,18H,5,7,9,15H2,1H3. The lowest BCUT2D eigenvalue weighted by atomic mass is 10.1. The van der Waals surface area contributed by atoms with Gasteiger partial charge >= 0.3 is 0 Å². The van der Waals surface area contributed by atoms with Gasteiger partial charge in [-0.2, -0.15) is 0 Å². The molecular formula is C14H17N3O. The molecule has 94 valence electrons. The van der Waals surface area contributed by atoms with Gasteiger partial charge in [0.15, 0.2) is 0 Å². The number of rotatable bonds is 1. The highest BCUT2D eigenvalue weighted by Crippen LogP contribution is 2.34. The Balaban J connectivity index is 2.06. The van der Waals surface area contributed by atoms with Crippen LogP contribution in [-0.2, 0) is 0 Å². The van der Waals surface area contributed by atoms with Crippen LogP contribution in [0.4, 0.5) is 11.4 Å². The maximum Gasteiger partial charge on any atom is 0.0810 e. The summed E-state index contributed by atoms with van der Waals surface area (Å²) in [6.07, 6.45) is 4.35. The van der Waals surface area contributed by atoms with Crippen LogP contribution in [0, 0.1) is 0 Å². The average molecular weight is 243 g/mol. The van der Waals surface area contributed by atoms with Gasteiger partial charge in [-0.15, -0.1) is 0 Å². The molecule has 1 saturated heterocycles. The highest BCUT2D eigenvalue weighted by molar-refractivity contribution is 5.98. The third-order valence-corrected chi connectivity index (χ3v) is 3.63. The Labute approximate surface area is 106 Å². The van der Waals surface area contributed by atoms with Crippen molar-refractivity contribution in [3.8, 4) is 0 Å². The second kappa shape index (κ2) is 3.85. The molecule has 1 fully saturated rings. The molecule has 1 unspecified atom stereocenters. The SMILES string of the molecule is CC1(O)CCN(c2ccc3cnccc3c2N)C1. The molecule has 1 aliphatic rings. The van der Waals surface area contributed by atoms with E-state index in [1.54, 1.807) is 6.20 Å². The van der Waals surface area contributed by atoms with Crippen LogP contribution in [-0.4, -0.2) is 28.8 Å². The highest BCUT2D eigenvalue weighted by atomic mass is 16.3. The van der Waals surface area contributed by atoms with E-state index >= 15 is 0 Å². The Bertz CT molecular complexity index is 595. The number of β-amino-alcohol motifs (C(OH)–C–C–N with tert-alkyl or cyclic N) is 1. The minimum Gasteiger partial charge on any atom is -0.397 e. The Morgan fingerprint density at radius 2 is 2.22 bits per heavy atom. The molecule has 1 aromatic heterocycles. The maximum atomic E-state index is 10.0. The summed E-state index contributed by atoms with van der Waals surface area (Å²) in [6.45, 7) is 3.34. The molecule has 0 spiro atoms. The topological polar surface area (TPSA) is 62.4 Å². The Hall–Kier alpha value is -1.81. The second-order valence-corrected chi connectivity index (χ2v) is 5.26. The fourth-order valence-corrected chi connectivity index (χ4v) is 2.61. The van der Waals surface area contributed by atoms with Crippen LogP contribution in [0.1, 0.15) is 13.3 Å². The summed E-state index contributed by atoms with van der Waals surface area (Å²) in [5.74, 6) is 0. The average Bonchev–Trinajstić information content (AvgIpc) is 2.70. The highest BCUT2D eigenvalue weighted by Gasteiger charge is 2.32. The van der Waals surface area contributed by atoms with Crippen molar-refractivity contribution >= 4 is 22.1 Å². The van der Waals surface area contributed by atoms with Crippen LogP contribution in [0.3, 0.4) is 0 Å². The summed E-state index contributed by atoms with van der Waals surface area (Å²) in [6, 6.07) is 5.98. The molecule has 4 nitrogen and oxygen atoms in total. The van der Waals surface area contributed by atoms with E-state index in [1.807, 2.05) is 31.3 Å². The van der Waals surface area contributed by atoms with Gasteiger partial charge in [0.25, 0.3) is 0 Å². The summed E-state index contributed by atoms with van der Waals surface area (Å²) >= 11 is 0. The van der Waals surface area contributed by atoms with Crippen LogP contribution in [0.15, 0.2) is 30.6 Å². The molecule has 0 saturated carbocycles. The van der Waals surface area contributed by atoms with E-state index < -0.39 is 5.60 Å². The summed E-state index contributed by atoms with van der Waals surface area (Å²) in [4.78, 5) is 6.24. The van der Waals surface area contributed by atoms with Gasteiger partial charge in [0.05, 0.1) is 17.0 Å². The molecule has 0 radical (unpaired) electrons. The van der Waals surface area contributed by atoms with Gasteiger partial charge in [0.1, 0.15) is 0 Å². The molecule has 0 amide bonds. The molecule has 18 heavy (non-hydrogen) atoms. The van der Waals surface area contributed by atoms with Gasteiger partial charge in [0.2, 0.25) is 0 Å². The minimum absolute atomic E-state index is 0.611. The first-order valence-corrected chi connectivity index (χ1v) is 6.16. The number of nitrogens with two attached hydrogens (primary N) is 1. The first-order chi connectivity index (χ1) is 8.57. The number of fused-ring (bicyclic) bond motifs is 1. The molecule has 0 aliphatic carbocycles. The smallest absolute Gasteiger partial charge is 0.0810 e. The molecule has 2 aromatic rings. The van der Waals surface area contributed by atoms with Gasteiger partial charge < -0.3 is 15.7 Å². The Morgan fingerprint density at radius 1 is 1.39 bits per heavy atom. The zero-order valence-corrected chi connectivity index (χ0v) is 10.4. The lowest BCUT2D eigenvalue weighted by molar-refractivity contribution is 0.0839. The third-order valence-electron chi connectivity index (χ3n) is 3.63. The van der Waals surface area contributed by atoms with Crippen LogP contribution < -0.4 is 10.6 Å². The van der Waals surface area contributed by atoms with E-state index in [1.165, 1.54) is 0 Å². The number of nitrogens with zero attached hydrogens (tertiary/aromatic N) is 2. The normalized spacial score (nSPS) is 23.8. The van der Waals surface area contributed by atoms with E-state index in [2.05, 4.69) is 9.88 Å². The monoisotopic (exact) mass is 243 g/mol. The van der Waals surface area contributed by atoms with Crippen molar-refractivity contribution < 1.29 is 5.11 Å². The predicted octanol–water partition coefficient (Wildman–Crippen LogP) is 1.78. The van der Waals surface area contributed by atoms with Gasteiger partial charge in [0, 0.05) is 36.3 Å². The van der Waals surface area contributed by atoms with Crippen LogP contribution in [0.2, 0.25) is 0 Å². The summed E-state index contributed by atoms with van der Waals surface area (Å²) < 4.78 is 0. The molecule has 1 aliphatic heterocycles. The number of nitrogen functional groups attached to an aromatic ring is 1. The number of pyridine rings is 1. The van der Waals surface area contributed by atoms with Crippen LogP contribution in [0.5, 0.6) is 0 Å². The van der Waals surface area contributed by atoms with Gasteiger partial charge in [-0.05, 0) is 25.5 Å². The van der Waals surface area contributed by atoms with Crippen molar-refractivity contribution in [3.05, 3.63) is 30.6 Å². The number of hydrogen-bond donors (Lipinski definition) is 2. The molecule has 4 heteroatoms. The van der Waals surface area contributed by atoms with E-state index in [4.69, 9.17) is 5.73 Å². The van der Waals surface area contributed by atoms with E-state index in [0.29, 0.717) is 6.54 Å². The zero-order valence-electron chi connectivity index (χ0n) is 10.4. The van der Waals surface area contributed by atoms with Crippen molar-refractivity contribution in [1.29, 1.82) is 0 Å². The molecule has 1 atom stereocenters. The van der Waals surface area contributed by atoms with Crippen molar-refractivity contribution in [2.45, 2.75) is 18.9 Å².